The lowest BCUT2D eigenvalue weighted by Crippen LogP contribution is -2.22. The van der Waals surface area contributed by atoms with Crippen LogP contribution in [0, 0.1) is 5.41 Å². The van der Waals surface area contributed by atoms with Crippen molar-refractivity contribution in [1.82, 2.24) is 14.5 Å². The van der Waals surface area contributed by atoms with Crippen LogP contribution in [0.5, 0.6) is 0 Å². The number of hydrogen-bond donors (Lipinski definition) is 1. The Morgan fingerprint density at radius 1 is 0.793 bits per heavy atom. The van der Waals surface area contributed by atoms with E-state index in [9.17, 15) is 0 Å². The van der Waals surface area contributed by atoms with Crippen molar-refractivity contribution in [1.29, 1.82) is 5.41 Å². The second kappa shape index (κ2) is 6.99. The smallest absolute Gasteiger partial charge is 0.161 e. The summed E-state index contributed by atoms with van der Waals surface area (Å²) in [5.41, 5.74) is 4.15. The van der Waals surface area contributed by atoms with Gasteiger partial charge in [-0.2, -0.15) is 0 Å². The average molecular weight is 376 g/mol. The van der Waals surface area contributed by atoms with Gasteiger partial charge in [0.2, 0.25) is 0 Å². The van der Waals surface area contributed by atoms with Crippen molar-refractivity contribution in [3.63, 3.8) is 0 Å². The number of aryl methyl sites for hydroxylation is 1. The van der Waals surface area contributed by atoms with Crippen molar-refractivity contribution in [2.75, 3.05) is 0 Å². The first-order chi connectivity index (χ1) is 14.2. The fraction of sp³-hybridized carbons (Fsp3) is 0.0800. The molecule has 0 radical (unpaired) electrons. The fourth-order valence-corrected chi connectivity index (χ4v) is 3.79. The molecule has 1 N–H and O–H groups in total. The maximum Gasteiger partial charge on any atom is 0.161 e. The van der Waals surface area contributed by atoms with Crippen LogP contribution in [0.25, 0.3) is 44.3 Å². The Morgan fingerprint density at radius 3 is 2.34 bits per heavy atom. The molecule has 0 unspecified atom stereocenters. The SMILES string of the molecule is CCn1c(=N)c(-c2ccc3ccccc3c2)cc2cnc(-c3ccccc3)nc21. The molecule has 0 saturated heterocycles. The standard InChI is InChI=1S/C25H20N4/c1-2-29-23(26)22(20-13-12-17-8-6-7-11-19(17)14-20)15-21-16-27-24(28-25(21)29)18-9-4-3-5-10-18/h3-16,26H,2H2,1H3. The lowest BCUT2D eigenvalue weighted by molar-refractivity contribution is 0.726. The number of fused-ring (bicyclic) bond motifs is 2. The number of hydrogen-bond acceptors (Lipinski definition) is 3. The van der Waals surface area contributed by atoms with Gasteiger partial charge in [0.1, 0.15) is 11.1 Å². The van der Waals surface area contributed by atoms with E-state index in [1.165, 1.54) is 10.8 Å². The minimum atomic E-state index is 0.466. The molecular formula is C25H20N4. The van der Waals surface area contributed by atoms with E-state index in [4.69, 9.17) is 10.4 Å². The van der Waals surface area contributed by atoms with E-state index in [2.05, 4.69) is 35.3 Å². The fourth-order valence-electron chi connectivity index (χ4n) is 3.79. The van der Waals surface area contributed by atoms with E-state index < -0.39 is 0 Å². The number of nitrogens with zero attached hydrogens (tertiary/aromatic N) is 3. The van der Waals surface area contributed by atoms with Crippen LogP contribution < -0.4 is 5.49 Å². The lowest BCUT2D eigenvalue weighted by Gasteiger charge is -2.13. The normalized spacial score (nSPS) is 11.2. The first kappa shape index (κ1) is 17.3. The zero-order valence-electron chi connectivity index (χ0n) is 16.1. The summed E-state index contributed by atoms with van der Waals surface area (Å²) in [6.45, 7) is 2.72. The van der Waals surface area contributed by atoms with E-state index in [0.29, 0.717) is 17.9 Å². The Morgan fingerprint density at radius 2 is 1.55 bits per heavy atom. The van der Waals surface area contributed by atoms with Crippen molar-refractivity contribution in [2.45, 2.75) is 13.5 Å². The summed E-state index contributed by atoms with van der Waals surface area (Å²) in [6, 6.07) is 26.6. The highest BCUT2D eigenvalue weighted by molar-refractivity contribution is 5.89. The van der Waals surface area contributed by atoms with Crippen LogP contribution in [0.1, 0.15) is 6.92 Å². The van der Waals surface area contributed by atoms with E-state index in [0.717, 1.165) is 27.7 Å². The zero-order chi connectivity index (χ0) is 19.8. The molecule has 2 heterocycles. The van der Waals surface area contributed by atoms with Crippen molar-refractivity contribution in [2.24, 2.45) is 0 Å². The van der Waals surface area contributed by atoms with Crippen LogP contribution in [0.4, 0.5) is 0 Å². The van der Waals surface area contributed by atoms with Crippen LogP contribution >= 0.6 is 0 Å². The van der Waals surface area contributed by atoms with Gasteiger partial charge in [-0.1, -0.05) is 66.7 Å². The van der Waals surface area contributed by atoms with Crippen LogP contribution in [0.15, 0.2) is 85.1 Å². The third kappa shape index (κ3) is 2.99. The van der Waals surface area contributed by atoms with Crippen molar-refractivity contribution >= 4 is 21.8 Å². The molecule has 4 heteroatoms. The Labute approximate surface area is 168 Å². The minimum absolute atomic E-state index is 0.466. The molecule has 0 aliphatic heterocycles. The number of rotatable bonds is 3. The van der Waals surface area contributed by atoms with Gasteiger partial charge in [0.25, 0.3) is 0 Å². The molecule has 0 bridgehead atoms. The molecule has 0 atom stereocenters. The van der Waals surface area contributed by atoms with Gasteiger partial charge in [0.05, 0.1) is 0 Å². The molecule has 0 aliphatic rings. The van der Waals surface area contributed by atoms with Gasteiger partial charge in [0.15, 0.2) is 5.82 Å². The first-order valence-corrected chi connectivity index (χ1v) is 9.74. The van der Waals surface area contributed by atoms with Gasteiger partial charge in [-0.25, -0.2) is 9.97 Å². The van der Waals surface area contributed by atoms with Crippen molar-refractivity contribution in [3.8, 4) is 22.5 Å². The second-order valence-corrected chi connectivity index (χ2v) is 7.05. The summed E-state index contributed by atoms with van der Waals surface area (Å²) in [7, 11) is 0. The summed E-state index contributed by atoms with van der Waals surface area (Å²) in [6.07, 6.45) is 1.86. The second-order valence-electron chi connectivity index (χ2n) is 7.05. The highest BCUT2D eigenvalue weighted by Gasteiger charge is 2.11. The zero-order valence-corrected chi connectivity index (χ0v) is 16.1. The molecule has 5 aromatic rings. The van der Waals surface area contributed by atoms with Crippen LogP contribution in [0.3, 0.4) is 0 Å². The van der Waals surface area contributed by atoms with Crippen LogP contribution in [0.2, 0.25) is 0 Å². The quantitative estimate of drug-likeness (QED) is 0.457. The molecular weight excluding hydrogens is 356 g/mol. The van der Waals surface area contributed by atoms with Crippen LogP contribution in [-0.4, -0.2) is 14.5 Å². The molecule has 0 fully saturated rings. The van der Waals surface area contributed by atoms with Crippen molar-refractivity contribution < 1.29 is 0 Å². The Bertz CT molecular complexity index is 1400. The summed E-state index contributed by atoms with van der Waals surface area (Å²) >= 11 is 0. The molecule has 0 aliphatic carbocycles. The van der Waals surface area contributed by atoms with Gasteiger partial charge in [0, 0.05) is 29.3 Å². The predicted molar refractivity (Wildman–Crippen MR) is 117 cm³/mol. The lowest BCUT2D eigenvalue weighted by atomic mass is 10.0. The van der Waals surface area contributed by atoms with Gasteiger partial charge in [-0.3, -0.25) is 5.41 Å². The summed E-state index contributed by atoms with van der Waals surface area (Å²) < 4.78 is 1.95. The Balaban J connectivity index is 1.73. The molecule has 3 aromatic carbocycles. The Hall–Kier alpha value is -3.79. The molecule has 5 rings (SSSR count). The Kier molecular flexibility index (Phi) is 4.17. The van der Waals surface area contributed by atoms with Gasteiger partial charge in [-0.05, 0) is 35.4 Å². The maximum absolute atomic E-state index is 8.85. The molecule has 4 nitrogen and oxygen atoms in total. The monoisotopic (exact) mass is 376 g/mol. The van der Waals surface area contributed by atoms with Gasteiger partial charge in [-0.15, -0.1) is 0 Å². The summed E-state index contributed by atoms with van der Waals surface area (Å²) in [4.78, 5) is 9.37. The van der Waals surface area contributed by atoms with Crippen molar-refractivity contribution in [3.05, 3.63) is 90.5 Å². The number of benzene rings is 3. The number of pyridine rings is 1. The summed E-state index contributed by atoms with van der Waals surface area (Å²) in [5.74, 6) is 0.679. The van der Waals surface area contributed by atoms with Gasteiger partial charge >= 0.3 is 0 Å². The number of nitrogens with one attached hydrogen (secondary N) is 1. The topological polar surface area (TPSA) is 54.6 Å². The van der Waals surface area contributed by atoms with E-state index in [1.807, 2.05) is 66.2 Å². The van der Waals surface area contributed by atoms with E-state index >= 15 is 0 Å². The molecule has 140 valence electrons. The predicted octanol–water partition coefficient (Wildman–Crippen LogP) is 5.42. The van der Waals surface area contributed by atoms with Crippen LogP contribution in [-0.2, 0) is 6.54 Å². The maximum atomic E-state index is 8.85. The highest BCUT2D eigenvalue weighted by Crippen LogP contribution is 2.25. The number of aromatic nitrogens is 3. The highest BCUT2D eigenvalue weighted by atomic mass is 15.1. The first-order valence-electron chi connectivity index (χ1n) is 9.74. The van der Waals surface area contributed by atoms with Gasteiger partial charge < -0.3 is 4.57 Å². The molecule has 0 saturated carbocycles. The molecule has 2 aromatic heterocycles. The third-order valence-corrected chi connectivity index (χ3v) is 5.29. The minimum Gasteiger partial charge on any atom is -0.311 e. The van der Waals surface area contributed by atoms with E-state index in [-0.39, 0.29) is 0 Å². The molecule has 0 amide bonds. The molecule has 29 heavy (non-hydrogen) atoms. The summed E-state index contributed by atoms with van der Waals surface area (Å²) in [5, 5.41) is 12.2. The van der Waals surface area contributed by atoms with E-state index in [1.54, 1.807) is 0 Å². The largest absolute Gasteiger partial charge is 0.311 e. The average Bonchev–Trinajstić information content (AvgIpc) is 2.78. The molecule has 0 spiro atoms. The third-order valence-electron chi connectivity index (χ3n) is 5.29.